The van der Waals surface area contributed by atoms with E-state index in [-0.39, 0.29) is 0 Å². The molecule has 0 radical (unpaired) electrons. The summed E-state index contributed by atoms with van der Waals surface area (Å²) in [6.07, 6.45) is 0. The van der Waals surface area contributed by atoms with Crippen LogP contribution in [0.3, 0.4) is 0 Å². The molecule has 226 valence electrons. The molecule has 8 aromatic carbocycles. The predicted molar refractivity (Wildman–Crippen MR) is 204 cm³/mol. The second kappa shape index (κ2) is 11.8. The second-order valence-corrected chi connectivity index (χ2v) is 12.2. The van der Waals surface area contributed by atoms with Crippen molar-refractivity contribution in [2.75, 3.05) is 4.90 Å². The van der Waals surface area contributed by atoms with Crippen LogP contribution in [-0.2, 0) is 0 Å². The molecule has 0 saturated carbocycles. The minimum atomic E-state index is 1.10. The number of anilines is 3. The van der Waals surface area contributed by atoms with E-state index in [4.69, 9.17) is 0 Å². The molecule has 2 heteroatoms. The summed E-state index contributed by atoms with van der Waals surface area (Å²) < 4.78 is 2.42. The van der Waals surface area contributed by atoms with Crippen LogP contribution in [0.4, 0.5) is 17.1 Å². The zero-order valence-electron chi connectivity index (χ0n) is 26.4. The van der Waals surface area contributed by atoms with Gasteiger partial charge in [-0.15, -0.1) is 0 Å². The van der Waals surface area contributed by atoms with Gasteiger partial charge in [0.05, 0.1) is 16.7 Å². The number of para-hydroxylation sites is 2. The SMILES string of the molecule is c1ccc(-c2cccc(N(c3cccc(-c4ccccc4)c3)c3cc(-n4c5ccccc5c5ccccc54)cc4ccccc34)c2)cc1. The average molecular weight is 613 g/mol. The van der Waals surface area contributed by atoms with Crippen molar-refractivity contribution in [3.8, 4) is 27.9 Å². The third-order valence-corrected chi connectivity index (χ3v) is 9.33. The zero-order chi connectivity index (χ0) is 31.9. The number of aromatic nitrogens is 1. The summed E-state index contributed by atoms with van der Waals surface area (Å²) in [6, 6.07) is 70.0. The summed E-state index contributed by atoms with van der Waals surface area (Å²) in [5.74, 6) is 0. The highest BCUT2D eigenvalue weighted by Gasteiger charge is 2.20. The molecule has 1 heterocycles. The Morgan fingerprint density at radius 3 is 1.35 bits per heavy atom. The molecule has 0 bridgehead atoms. The van der Waals surface area contributed by atoms with E-state index in [1.165, 1.54) is 54.8 Å². The van der Waals surface area contributed by atoms with Crippen LogP contribution in [-0.4, -0.2) is 4.57 Å². The molecule has 0 amide bonds. The Kier molecular flexibility index (Phi) is 6.84. The summed E-state index contributed by atoms with van der Waals surface area (Å²) in [4.78, 5) is 2.43. The molecule has 0 N–H and O–H groups in total. The third kappa shape index (κ3) is 4.83. The van der Waals surface area contributed by atoms with E-state index in [0.29, 0.717) is 0 Å². The first-order valence-corrected chi connectivity index (χ1v) is 16.4. The minimum absolute atomic E-state index is 1.10. The van der Waals surface area contributed by atoms with Crippen molar-refractivity contribution >= 4 is 49.6 Å². The van der Waals surface area contributed by atoms with Crippen molar-refractivity contribution in [1.29, 1.82) is 0 Å². The molecule has 2 nitrogen and oxygen atoms in total. The first-order valence-electron chi connectivity index (χ1n) is 16.4. The highest BCUT2D eigenvalue weighted by atomic mass is 15.1. The third-order valence-electron chi connectivity index (χ3n) is 9.33. The van der Waals surface area contributed by atoms with Crippen LogP contribution in [0.15, 0.2) is 194 Å². The smallest absolute Gasteiger partial charge is 0.0560 e. The Hall–Kier alpha value is -6.38. The minimum Gasteiger partial charge on any atom is -0.310 e. The number of benzene rings is 8. The van der Waals surface area contributed by atoms with Crippen LogP contribution in [0.1, 0.15) is 0 Å². The van der Waals surface area contributed by atoms with E-state index in [9.17, 15) is 0 Å². The van der Waals surface area contributed by atoms with Crippen molar-refractivity contribution in [2.24, 2.45) is 0 Å². The Labute approximate surface area is 280 Å². The Bertz CT molecular complexity index is 2430. The molecule has 0 aliphatic heterocycles. The molecule has 0 aliphatic carbocycles. The van der Waals surface area contributed by atoms with E-state index in [1.54, 1.807) is 0 Å². The van der Waals surface area contributed by atoms with E-state index in [2.05, 4.69) is 204 Å². The van der Waals surface area contributed by atoms with Crippen LogP contribution in [0.5, 0.6) is 0 Å². The molecule has 0 unspecified atom stereocenters. The largest absolute Gasteiger partial charge is 0.310 e. The molecule has 9 rings (SSSR count). The number of rotatable bonds is 6. The lowest BCUT2D eigenvalue weighted by atomic mass is 10.0. The van der Waals surface area contributed by atoms with E-state index in [1.807, 2.05) is 0 Å². The number of hydrogen-bond acceptors (Lipinski definition) is 1. The van der Waals surface area contributed by atoms with Crippen LogP contribution in [0, 0.1) is 0 Å². The number of nitrogens with zero attached hydrogens (tertiary/aromatic N) is 2. The fourth-order valence-corrected chi connectivity index (χ4v) is 7.13. The van der Waals surface area contributed by atoms with Gasteiger partial charge in [0.1, 0.15) is 0 Å². The maximum atomic E-state index is 2.43. The van der Waals surface area contributed by atoms with Crippen molar-refractivity contribution in [3.05, 3.63) is 194 Å². The van der Waals surface area contributed by atoms with Gasteiger partial charge >= 0.3 is 0 Å². The lowest BCUT2D eigenvalue weighted by Gasteiger charge is -2.28. The number of hydrogen-bond donors (Lipinski definition) is 0. The fourth-order valence-electron chi connectivity index (χ4n) is 7.13. The van der Waals surface area contributed by atoms with E-state index in [0.717, 1.165) is 22.7 Å². The van der Waals surface area contributed by atoms with Crippen molar-refractivity contribution in [1.82, 2.24) is 4.57 Å². The van der Waals surface area contributed by atoms with Crippen LogP contribution in [0.2, 0.25) is 0 Å². The van der Waals surface area contributed by atoms with Crippen LogP contribution >= 0.6 is 0 Å². The lowest BCUT2D eigenvalue weighted by molar-refractivity contribution is 1.18. The predicted octanol–water partition coefficient (Wildman–Crippen LogP) is 12.7. The maximum absolute atomic E-state index is 2.43. The Morgan fingerprint density at radius 1 is 0.333 bits per heavy atom. The van der Waals surface area contributed by atoms with Crippen molar-refractivity contribution in [3.63, 3.8) is 0 Å². The van der Waals surface area contributed by atoms with Crippen LogP contribution < -0.4 is 4.90 Å². The van der Waals surface area contributed by atoms with Crippen LogP contribution in [0.25, 0.3) is 60.5 Å². The van der Waals surface area contributed by atoms with Crippen molar-refractivity contribution < 1.29 is 0 Å². The molecule has 0 fully saturated rings. The molecule has 0 atom stereocenters. The maximum Gasteiger partial charge on any atom is 0.0560 e. The van der Waals surface area contributed by atoms with Gasteiger partial charge in [-0.3, -0.25) is 0 Å². The highest BCUT2D eigenvalue weighted by molar-refractivity contribution is 6.10. The highest BCUT2D eigenvalue weighted by Crippen LogP contribution is 2.43. The lowest BCUT2D eigenvalue weighted by Crippen LogP contribution is -2.11. The molecule has 0 spiro atoms. The monoisotopic (exact) mass is 612 g/mol. The van der Waals surface area contributed by atoms with Gasteiger partial charge in [-0.1, -0.05) is 146 Å². The van der Waals surface area contributed by atoms with Gasteiger partial charge in [-0.2, -0.15) is 0 Å². The summed E-state index contributed by atoms with van der Waals surface area (Å²) >= 11 is 0. The van der Waals surface area contributed by atoms with E-state index >= 15 is 0 Å². The van der Waals surface area contributed by atoms with Gasteiger partial charge < -0.3 is 9.47 Å². The summed E-state index contributed by atoms with van der Waals surface area (Å²) in [7, 11) is 0. The normalized spacial score (nSPS) is 11.3. The summed E-state index contributed by atoms with van der Waals surface area (Å²) in [6.45, 7) is 0. The van der Waals surface area contributed by atoms with Gasteiger partial charge in [0.15, 0.2) is 0 Å². The van der Waals surface area contributed by atoms with Gasteiger partial charge in [0.2, 0.25) is 0 Å². The summed E-state index contributed by atoms with van der Waals surface area (Å²) in [5, 5.41) is 4.89. The molecule has 0 saturated heterocycles. The first kappa shape index (κ1) is 27.9. The van der Waals surface area contributed by atoms with Gasteiger partial charge in [0.25, 0.3) is 0 Å². The Balaban J connectivity index is 1.33. The van der Waals surface area contributed by atoms with Gasteiger partial charge in [-0.25, -0.2) is 0 Å². The van der Waals surface area contributed by atoms with Gasteiger partial charge in [0, 0.05) is 33.2 Å². The second-order valence-electron chi connectivity index (χ2n) is 12.2. The van der Waals surface area contributed by atoms with Gasteiger partial charge in [-0.05, 0) is 76.2 Å². The van der Waals surface area contributed by atoms with Crippen molar-refractivity contribution in [2.45, 2.75) is 0 Å². The zero-order valence-corrected chi connectivity index (χ0v) is 26.4. The first-order chi connectivity index (χ1) is 23.8. The average Bonchev–Trinajstić information content (AvgIpc) is 3.50. The Morgan fingerprint density at radius 2 is 0.792 bits per heavy atom. The quantitative estimate of drug-likeness (QED) is 0.181. The molecule has 9 aromatic rings. The fraction of sp³-hybridized carbons (Fsp3) is 0. The molecule has 48 heavy (non-hydrogen) atoms. The summed E-state index contributed by atoms with van der Waals surface area (Å²) in [5.41, 5.74) is 11.6. The number of fused-ring (bicyclic) bond motifs is 4. The topological polar surface area (TPSA) is 8.17 Å². The van der Waals surface area contributed by atoms with E-state index < -0.39 is 0 Å². The standard InChI is InChI=1S/C46H32N2/c1-3-15-33(16-4-1)35-20-13-22-38(29-35)47(39-23-14-21-36(30-39)34-17-5-2-6-18-34)46-32-40(31-37-19-7-8-24-41(37)46)48-44-27-11-9-25-42(44)43-26-10-12-28-45(43)48/h1-32H. The molecular weight excluding hydrogens is 581 g/mol. The molecular formula is C46H32N2. The molecule has 1 aromatic heterocycles. The molecule has 0 aliphatic rings.